The third kappa shape index (κ3) is 4.80. The minimum Gasteiger partial charge on any atom is -0.480 e. The van der Waals surface area contributed by atoms with E-state index in [4.69, 9.17) is 10.2 Å². The maximum Gasteiger partial charge on any atom is 0.352 e. The number of nitrogens with two attached hydrogens (primary N) is 1. The van der Waals surface area contributed by atoms with Crippen molar-refractivity contribution in [1.82, 2.24) is 10.6 Å². The molecule has 2 atom stereocenters. The summed E-state index contributed by atoms with van der Waals surface area (Å²) in [5, 5.41) is 26.3. The second kappa shape index (κ2) is 9.09. The van der Waals surface area contributed by atoms with Crippen LogP contribution in [0.3, 0.4) is 0 Å². The van der Waals surface area contributed by atoms with E-state index in [-0.39, 0.29) is 29.5 Å². The first-order valence-corrected chi connectivity index (χ1v) is 8.66. The lowest BCUT2D eigenvalue weighted by molar-refractivity contribution is -0.141. The molecule has 27 heavy (non-hydrogen) atoms. The highest BCUT2D eigenvalue weighted by Gasteiger charge is 2.36. The number of hydrogen-bond donors (Lipinski definition) is 5. The Kier molecular flexibility index (Phi) is 6.85. The van der Waals surface area contributed by atoms with Crippen LogP contribution in [0.5, 0.6) is 0 Å². The summed E-state index contributed by atoms with van der Waals surface area (Å²) in [6.07, 6.45) is 1.32. The summed E-state index contributed by atoms with van der Waals surface area (Å²) in [4.78, 5) is 40.2. The number of rotatable bonds is 8. The first-order valence-electron chi connectivity index (χ1n) is 7.61. The lowest BCUT2D eigenvalue weighted by Gasteiger charge is -2.31. The zero-order valence-corrected chi connectivity index (χ0v) is 15.0. The van der Waals surface area contributed by atoms with Crippen molar-refractivity contribution < 1.29 is 33.9 Å². The fourth-order valence-corrected chi connectivity index (χ4v) is 3.50. The number of thioether (sulfide) groups is 1. The SMILES string of the molecule is CO/N=C(\C(=O)N[C@@H](C(=O)O)[C@@H]1NC(C(=O)O)=C(CN)CS1)c1ccco1. The van der Waals surface area contributed by atoms with Crippen molar-refractivity contribution in [3.8, 4) is 0 Å². The molecule has 0 radical (unpaired) electrons. The Labute approximate surface area is 157 Å². The zero-order valence-electron chi connectivity index (χ0n) is 14.2. The van der Waals surface area contributed by atoms with Gasteiger partial charge < -0.3 is 35.8 Å². The number of oxime groups is 1. The van der Waals surface area contributed by atoms with Crippen molar-refractivity contribution in [3.63, 3.8) is 0 Å². The van der Waals surface area contributed by atoms with Crippen LogP contribution in [0, 0.1) is 0 Å². The number of aliphatic carboxylic acids is 2. The number of carbonyl (C=O) groups is 3. The van der Waals surface area contributed by atoms with E-state index in [1.807, 2.05) is 0 Å². The van der Waals surface area contributed by atoms with E-state index in [9.17, 15) is 24.6 Å². The van der Waals surface area contributed by atoms with Crippen LogP contribution in [0.15, 0.2) is 39.2 Å². The summed E-state index contributed by atoms with van der Waals surface area (Å²) in [5.74, 6) is -3.17. The molecule has 1 amide bonds. The highest BCUT2D eigenvalue weighted by atomic mass is 32.2. The van der Waals surface area contributed by atoms with Crippen molar-refractivity contribution in [2.45, 2.75) is 11.4 Å². The molecule has 11 nitrogen and oxygen atoms in total. The fraction of sp³-hybridized carbons (Fsp3) is 0.333. The van der Waals surface area contributed by atoms with Crippen LogP contribution in [0.4, 0.5) is 0 Å². The Morgan fingerprint density at radius 2 is 2.26 bits per heavy atom. The maximum atomic E-state index is 12.5. The highest BCUT2D eigenvalue weighted by Crippen LogP contribution is 2.24. The predicted octanol–water partition coefficient (Wildman–Crippen LogP) is -0.841. The van der Waals surface area contributed by atoms with Crippen LogP contribution >= 0.6 is 11.8 Å². The molecule has 1 aromatic rings. The van der Waals surface area contributed by atoms with Crippen molar-refractivity contribution in [2.75, 3.05) is 19.4 Å². The predicted molar refractivity (Wildman–Crippen MR) is 94.9 cm³/mol. The molecular weight excluding hydrogens is 380 g/mol. The summed E-state index contributed by atoms with van der Waals surface area (Å²) >= 11 is 1.12. The molecule has 0 saturated carbocycles. The quantitative estimate of drug-likeness (QED) is 0.274. The van der Waals surface area contributed by atoms with E-state index in [0.29, 0.717) is 5.57 Å². The van der Waals surface area contributed by atoms with Gasteiger partial charge in [0.15, 0.2) is 11.8 Å². The molecule has 0 spiro atoms. The number of nitrogens with zero attached hydrogens (tertiary/aromatic N) is 1. The Morgan fingerprint density at radius 3 is 2.78 bits per heavy atom. The first-order chi connectivity index (χ1) is 12.9. The lowest BCUT2D eigenvalue weighted by atomic mass is 10.2. The average Bonchev–Trinajstić information content (AvgIpc) is 3.17. The molecule has 0 saturated heterocycles. The van der Waals surface area contributed by atoms with E-state index in [0.717, 1.165) is 11.8 Å². The van der Waals surface area contributed by atoms with E-state index >= 15 is 0 Å². The number of carboxylic acid groups (broad SMARTS) is 2. The molecule has 0 aromatic carbocycles. The van der Waals surface area contributed by atoms with Gasteiger partial charge in [-0.3, -0.25) is 4.79 Å². The van der Waals surface area contributed by atoms with Gasteiger partial charge in [-0.2, -0.15) is 0 Å². The van der Waals surface area contributed by atoms with Crippen molar-refractivity contribution in [1.29, 1.82) is 0 Å². The van der Waals surface area contributed by atoms with Crippen LogP contribution in [0.2, 0.25) is 0 Å². The normalized spacial score (nSPS) is 18.4. The number of hydrogen-bond acceptors (Lipinski definition) is 9. The number of carboxylic acids is 2. The number of furan rings is 1. The minimum absolute atomic E-state index is 0.0155. The Morgan fingerprint density at radius 1 is 1.52 bits per heavy atom. The molecule has 0 bridgehead atoms. The van der Waals surface area contributed by atoms with Gasteiger partial charge in [-0.05, 0) is 17.7 Å². The summed E-state index contributed by atoms with van der Waals surface area (Å²) in [5.41, 5.74) is 5.54. The van der Waals surface area contributed by atoms with E-state index in [1.165, 1.54) is 25.5 Å². The van der Waals surface area contributed by atoms with Gasteiger partial charge in [0.05, 0.1) is 6.26 Å². The van der Waals surface area contributed by atoms with Crippen molar-refractivity contribution in [3.05, 3.63) is 35.4 Å². The third-order valence-corrected chi connectivity index (χ3v) is 4.81. The molecule has 1 aromatic heterocycles. The number of carbonyl (C=O) groups excluding carboxylic acids is 1. The molecule has 0 fully saturated rings. The number of amides is 1. The average molecular weight is 398 g/mol. The summed E-state index contributed by atoms with van der Waals surface area (Å²) in [7, 11) is 1.22. The van der Waals surface area contributed by atoms with Gasteiger partial charge in [0, 0.05) is 12.3 Å². The first kappa shape index (κ1) is 20.3. The largest absolute Gasteiger partial charge is 0.480 e. The van der Waals surface area contributed by atoms with E-state index in [1.54, 1.807) is 0 Å². The van der Waals surface area contributed by atoms with Crippen molar-refractivity contribution >= 4 is 35.3 Å². The van der Waals surface area contributed by atoms with E-state index in [2.05, 4.69) is 20.6 Å². The number of nitrogens with one attached hydrogen (secondary N) is 2. The second-order valence-corrected chi connectivity index (χ2v) is 6.38. The van der Waals surface area contributed by atoms with Gasteiger partial charge in [0.25, 0.3) is 5.91 Å². The van der Waals surface area contributed by atoms with Gasteiger partial charge in [-0.15, -0.1) is 11.8 Å². The van der Waals surface area contributed by atoms with Crippen LogP contribution in [0.25, 0.3) is 0 Å². The molecule has 0 aliphatic carbocycles. The minimum atomic E-state index is -1.45. The molecule has 0 unspecified atom stereocenters. The Balaban J connectivity index is 2.22. The standard InChI is InChI=1S/C15H18N4O7S/c1-25-19-10(8-3-2-4-26-8)12(20)17-11(15(23)24)13-18-9(14(21)22)7(5-16)6-27-13/h2-4,11,13,18H,5-6,16H2,1H3,(H,17,20)(H,21,22)(H,23,24)/b19-10-/t11-,13-/m1/s1. The van der Waals surface area contributed by atoms with E-state index < -0.39 is 29.3 Å². The summed E-state index contributed by atoms with van der Waals surface area (Å²) < 4.78 is 5.10. The molecule has 146 valence electrons. The van der Waals surface area contributed by atoms with Gasteiger partial charge >= 0.3 is 11.9 Å². The molecular formula is C15H18N4O7S. The summed E-state index contributed by atoms with van der Waals surface area (Å²) in [6.45, 7) is 0.0155. The van der Waals surface area contributed by atoms with Gasteiger partial charge in [-0.1, -0.05) is 5.16 Å². The molecule has 2 rings (SSSR count). The molecule has 12 heteroatoms. The van der Waals surface area contributed by atoms with Crippen LogP contribution in [0.1, 0.15) is 5.76 Å². The monoisotopic (exact) mass is 398 g/mol. The molecule has 1 aliphatic heterocycles. The summed E-state index contributed by atoms with van der Waals surface area (Å²) in [6, 6.07) is 1.53. The van der Waals surface area contributed by atoms with Crippen LogP contribution < -0.4 is 16.4 Å². The molecule has 1 aliphatic rings. The molecule has 6 N–H and O–H groups in total. The lowest BCUT2D eigenvalue weighted by Crippen LogP contribution is -2.56. The fourth-order valence-electron chi connectivity index (χ4n) is 2.28. The maximum absolute atomic E-state index is 12.5. The van der Waals surface area contributed by atoms with Crippen LogP contribution in [-0.2, 0) is 19.2 Å². The van der Waals surface area contributed by atoms with Crippen LogP contribution in [-0.4, -0.2) is 64.6 Å². The second-order valence-electron chi connectivity index (χ2n) is 5.25. The molecule has 2 heterocycles. The van der Waals surface area contributed by atoms with Gasteiger partial charge in [0.2, 0.25) is 5.71 Å². The smallest absolute Gasteiger partial charge is 0.352 e. The van der Waals surface area contributed by atoms with Gasteiger partial charge in [0.1, 0.15) is 18.2 Å². The third-order valence-electron chi connectivity index (χ3n) is 3.55. The Hall–Kier alpha value is -2.99. The highest BCUT2D eigenvalue weighted by molar-refractivity contribution is 8.00. The Bertz CT molecular complexity index is 775. The topological polar surface area (TPSA) is 176 Å². The zero-order chi connectivity index (χ0) is 20.0. The van der Waals surface area contributed by atoms with Gasteiger partial charge in [-0.25, -0.2) is 9.59 Å². The van der Waals surface area contributed by atoms with Crippen molar-refractivity contribution in [2.24, 2.45) is 10.9 Å².